The highest BCUT2D eigenvalue weighted by molar-refractivity contribution is 7.66. The van der Waals surface area contributed by atoms with Crippen molar-refractivity contribution in [3.05, 3.63) is 18.6 Å². The molecule has 7 N–H and O–H groups in total. The van der Waals surface area contributed by atoms with E-state index < -0.39 is 54.6 Å². The van der Waals surface area contributed by atoms with Crippen LogP contribution in [0.4, 0.5) is 11.6 Å². The number of phosphoric acid groups is 3. The molecule has 4 heterocycles. The third-order valence-electron chi connectivity index (χ3n) is 4.34. The molecule has 0 aromatic carbocycles. The van der Waals surface area contributed by atoms with Crippen LogP contribution in [0.5, 0.6) is 0 Å². The highest BCUT2D eigenvalue weighted by Gasteiger charge is 2.47. The van der Waals surface area contributed by atoms with Crippen molar-refractivity contribution in [2.24, 2.45) is 0 Å². The molecule has 0 radical (unpaired) electrons. The lowest BCUT2D eigenvalue weighted by Crippen LogP contribution is -2.33. The molecule has 2 aliphatic rings. The molecule has 2 aliphatic heterocycles. The Morgan fingerprint density at radius 3 is 2.48 bits per heavy atom. The predicted octanol–water partition coefficient (Wildman–Crippen LogP) is -0.640. The van der Waals surface area contributed by atoms with E-state index in [-0.39, 0.29) is 0 Å². The Hall–Kier alpha value is -1.62. The first-order chi connectivity index (χ1) is 15.2. The Balaban J connectivity index is 1.44. The Kier molecular flexibility index (Phi) is 6.35. The number of imidazole rings is 1. The first-order valence-electron chi connectivity index (χ1n) is 8.72. The van der Waals surface area contributed by atoms with Crippen molar-refractivity contribution in [2.45, 2.75) is 24.5 Å². The Labute approximate surface area is 183 Å². The third kappa shape index (κ3) is 5.39. The lowest BCUT2D eigenvalue weighted by atomic mass is 10.1. The molecule has 33 heavy (non-hydrogen) atoms. The highest BCUT2D eigenvalue weighted by atomic mass is 31.3. The molecule has 2 aromatic heterocycles. The lowest BCUT2D eigenvalue weighted by Gasteiger charge is -2.21. The van der Waals surface area contributed by atoms with Crippen molar-refractivity contribution in [3.63, 3.8) is 0 Å². The highest BCUT2D eigenvalue weighted by Crippen LogP contribution is 2.66. The van der Waals surface area contributed by atoms with Gasteiger partial charge in [-0.1, -0.05) is 0 Å². The number of aromatic nitrogens is 4. The number of aliphatic hydroxyl groups excluding tert-OH is 2. The maximum absolute atomic E-state index is 11.9. The quantitative estimate of drug-likeness (QED) is 0.178. The zero-order valence-electron chi connectivity index (χ0n) is 15.9. The first kappa shape index (κ1) is 24.5. The van der Waals surface area contributed by atoms with E-state index >= 15 is 0 Å². The minimum absolute atomic E-state index is 0.303. The van der Waals surface area contributed by atoms with E-state index in [0.29, 0.717) is 23.2 Å². The van der Waals surface area contributed by atoms with Gasteiger partial charge in [-0.2, -0.15) is 8.62 Å². The summed E-state index contributed by atoms with van der Waals surface area (Å²) in [7, 11) is -16.7. The van der Waals surface area contributed by atoms with Gasteiger partial charge in [-0.05, 0) is 6.07 Å². The third-order valence-corrected chi connectivity index (χ3v) is 8.14. The van der Waals surface area contributed by atoms with Crippen LogP contribution >= 0.6 is 23.5 Å². The second-order valence-corrected chi connectivity index (χ2v) is 11.1. The standard InChI is InChI=1S/C12H16N5O13P3/c18-8-5(3-27-32(23,24)30-33(25,26)29-31(20,21)22)28-12(9(8)19)17-4-14-7-10-13-2-1-6(15-10)16-11(7)17/h1-2,4-5,8-9,12,18-19H,3H2,(H,23,24)(H,25,26)(H,13,15,16)(H2,20,21,22)/t5-,8-,9-,12-/m1/s1. The van der Waals surface area contributed by atoms with Gasteiger partial charge in [0.2, 0.25) is 0 Å². The van der Waals surface area contributed by atoms with Crippen molar-refractivity contribution in [1.82, 2.24) is 19.5 Å². The minimum atomic E-state index is -5.70. The van der Waals surface area contributed by atoms with Gasteiger partial charge < -0.3 is 39.8 Å². The predicted molar refractivity (Wildman–Crippen MR) is 102 cm³/mol. The summed E-state index contributed by atoms with van der Waals surface area (Å²) in [6, 6.07) is 1.58. The number of phosphoric ester groups is 1. The number of anilines is 2. The number of rotatable bonds is 8. The fourth-order valence-corrected chi connectivity index (χ4v) is 6.10. The van der Waals surface area contributed by atoms with Gasteiger partial charge in [0.15, 0.2) is 17.7 Å². The largest absolute Gasteiger partial charge is 0.490 e. The molecule has 1 saturated heterocycles. The summed E-state index contributed by atoms with van der Waals surface area (Å²) in [5, 5.41) is 23.6. The summed E-state index contributed by atoms with van der Waals surface area (Å²) in [5.41, 5.74) is 0.338. The maximum Gasteiger partial charge on any atom is 0.490 e. The number of nitrogens with one attached hydrogen (secondary N) is 1. The van der Waals surface area contributed by atoms with E-state index in [1.54, 1.807) is 6.07 Å². The fraction of sp³-hybridized carbons (Fsp3) is 0.417. The molecular formula is C12H16N5O13P3. The summed E-state index contributed by atoms with van der Waals surface area (Å²) >= 11 is 0. The van der Waals surface area contributed by atoms with Gasteiger partial charge in [0.05, 0.1) is 12.9 Å². The molecular weight excluding hydrogens is 515 g/mol. The zero-order chi connectivity index (χ0) is 24.2. The van der Waals surface area contributed by atoms with E-state index in [9.17, 15) is 28.8 Å². The summed E-state index contributed by atoms with van der Waals surface area (Å²) < 4.78 is 52.4. The van der Waals surface area contributed by atoms with Crippen LogP contribution < -0.4 is 5.32 Å². The molecule has 18 nitrogen and oxygen atoms in total. The normalized spacial score (nSPS) is 27.9. The summed E-state index contributed by atoms with van der Waals surface area (Å²) in [6.45, 7) is -0.940. The van der Waals surface area contributed by atoms with E-state index in [0.717, 1.165) is 0 Å². The van der Waals surface area contributed by atoms with Crippen molar-refractivity contribution in [3.8, 4) is 11.5 Å². The number of hydrogen-bond donors (Lipinski definition) is 7. The summed E-state index contributed by atoms with van der Waals surface area (Å²) in [5.74, 6) is 1.08. The van der Waals surface area contributed by atoms with Crippen molar-refractivity contribution in [2.75, 3.05) is 11.9 Å². The van der Waals surface area contributed by atoms with E-state index in [1.807, 2.05) is 0 Å². The molecule has 21 heteroatoms. The first-order valence-corrected chi connectivity index (χ1v) is 13.2. The average molecular weight is 531 g/mol. The van der Waals surface area contributed by atoms with Gasteiger partial charge in [-0.25, -0.2) is 28.6 Å². The smallest absolute Gasteiger partial charge is 0.387 e. The molecule has 0 aliphatic carbocycles. The number of nitrogens with zero attached hydrogens (tertiary/aromatic N) is 4. The van der Waals surface area contributed by atoms with Crippen LogP contribution in [0.25, 0.3) is 11.5 Å². The molecule has 6 atom stereocenters. The van der Waals surface area contributed by atoms with Crippen LogP contribution in [0.1, 0.15) is 6.23 Å². The Morgan fingerprint density at radius 2 is 1.79 bits per heavy atom. The van der Waals surface area contributed by atoms with Gasteiger partial charge in [-0.3, -0.25) is 9.09 Å². The van der Waals surface area contributed by atoms with E-state index in [4.69, 9.17) is 19.4 Å². The molecule has 0 saturated carbocycles. The summed E-state index contributed by atoms with van der Waals surface area (Å²) in [6.07, 6.45) is -3.12. The monoisotopic (exact) mass is 531 g/mol. The molecule has 182 valence electrons. The van der Waals surface area contributed by atoms with Crippen LogP contribution in [0.2, 0.25) is 0 Å². The molecule has 2 bridgehead atoms. The van der Waals surface area contributed by atoms with Gasteiger partial charge in [0, 0.05) is 6.20 Å². The number of ether oxygens (including phenoxy) is 1. The molecule has 0 spiro atoms. The zero-order valence-corrected chi connectivity index (χ0v) is 18.6. The molecule has 2 unspecified atom stereocenters. The van der Waals surface area contributed by atoms with Crippen LogP contribution in [-0.4, -0.2) is 74.2 Å². The van der Waals surface area contributed by atoms with Crippen LogP contribution in [0.3, 0.4) is 0 Å². The van der Waals surface area contributed by atoms with E-state index in [2.05, 4.69) is 33.4 Å². The molecule has 1 fully saturated rings. The Bertz CT molecular complexity index is 1200. The fourth-order valence-electron chi connectivity index (χ4n) is 3.07. The number of hydrogen-bond acceptors (Lipinski definition) is 13. The average Bonchev–Trinajstić information content (AvgIpc) is 3.19. The lowest BCUT2D eigenvalue weighted by molar-refractivity contribution is -0.0510. The minimum Gasteiger partial charge on any atom is -0.387 e. The van der Waals surface area contributed by atoms with Crippen molar-refractivity contribution in [1.29, 1.82) is 0 Å². The van der Waals surface area contributed by atoms with Crippen molar-refractivity contribution >= 4 is 35.1 Å². The summed E-state index contributed by atoms with van der Waals surface area (Å²) in [4.78, 5) is 48.2. The van der Waals surface area contributed by atoms with Crippen molar-refractivity contribution < 1.29 is 61.4 Å². The SMILES string of the molecule is O=P(O)(O)OP(=O)(O)OP(=O)(O)OC[C@H]1O[C@@H](n2cnc3c2Nc2ccnc-3n2)[C@H](O)[C@@H]1O. The van der Waals surface area contributed by atoms with Gasteiger partial charge >= 0.3 is 23.5 Å². The van der Waals surface area contributed by atoms with E-state index in [1.165, 1.54) is 17.1 Å². The molecule has 2 aromatic rings. The maximum atomic E-state index is 11.9. The van der Waals surface area contributed by atoms with Gasteiger partial charge in [0.1, 0.15) is 29.9 Å². The molecule has 4 rings (SSSR count). The van der Waals surface area contributed by atoms with Crippen LogP contribution in [0.15, 0.2) is 18.6 Å². The topological polar surface area (TPSA) is 265 Å². The second-order valence-electron chi connectivity index (χ2n) is 6.67. The van der Waals surface area contributed by atoms with Crippen LogP contribution in [0, 0.1) is 0 Å². The second kappa shape index (κ2) is 8.55. The van der Waals surface area contributed by atoms with Gasteiger partial charge in [-0.15, -0.1) is 0 Å². The van der Waals surface area contributed by atoms with Crippen LogP contribution in [-0.2, 0) is 31.6 Å². The number of aliphatic hydroxyl groups is 2. The molecule has 0 amide bonds. The van der Waals surface area contributed by atoms with Gasteiger partial charge in [0.25, 0.3) is 0 Å². The number of fused-ring (bicyclic) bond motifs is 4. The Morgan fingerprint density at radius 1 is 1.06 bits per heavy atom.